The Morgan fingerprint density at radius 2 is 1.82 bits per heavy atom. The summed E-state index contributed by atoms with van der Waals surface area (Å²) in [5, 5.41) is 32.7. The van der Waals surface area contributed by atoms with E-state index >= 15 is 0 Å². The average Bonchev–Trinajstić information content (AvgIpc) is 3.26. The van der Waals surface area contributed by atoms with Gasteiger partial charge in [0.2, 0.25) is 5.88 Å². The van der Waals surface area contributed by atoms with Gasteiger partial charge in [0, 0.05) is 23.1 Å². The van der Waals surface area contributed by atoms with Gasteiger partial charge in [0.15, 0.2) is 5.60 Å². The summed E-state index contributed by atoms with van der Waals surface area (Å²) in [5.74, 6) is -3.33. The summed E-state index contributed by atoms with van der Waals surface area (Å²) in [4.78, 5) is 16.5. The van der Waals surface area contributed by atoms with Crippen LogP contribution < -0.4 is 9.47 Å². The van der Waals surface area contributed by atoms with E-state index in [1.54, 1.807) is 30.3 Å². The maximum Gasteiger partial charge on any atom is 0.310 e. The third kappa shape index (κ3) is 3.15. The molecule has 5 rings (SSSR count). The fourth-order valence-corrected chi connectivity index (χ4v) is 5.09. The summed E-state index contributed by atoms with van der Waals surface area (Å²) in [5.41, 5.74) is -0.703. The maximum absolute atomic E-state index is 12.9. The highest BCUT2D eigenvalue weighted by Gasteiger charge is 2.69. The summed E-state index contributed by atoms with van der Waals surface area (Å²) in [6, 6.07) is 15.8. The minimum absolute atomic E-state index is 0.0488. The van der Waals surface area contributed by atoms with Crippen molar-refractivity contribution < 1.29 is 38.4 Å². The van der Waals surface area contributed by atoms with Crippen LogP contribution in [0.2, 0.25) is 0 Å². The predicted molar refractivity (Wildman–Crippen MR) is 116 cm³/mol. The first-order valence-corrected chi connectivity index (χ1v) is 10.6. The van der Waals surface area contributed by atoms with Crippen LogP contribution in [0, 0.1) is 5.92 Å². The molecule has 1 aliphatic heterocycles. The molecule has 2 aliphatic rings. The van der Waals surface area contributed by atoms with E-state index in [0.29, 0.717) is 16.8 Å². The van der Waals surface area contributed by atoms with Crippen molar-refractivity contribution in [1.29, 1.82) is 0 Å². The Labute approximate surface area is 193 Å². The molecule has 1 saturated carbocycles. The summed E-state index contributed by atoms with van der Waals surface area (Å²) in [6.07, 6.45) is -5.42. The summed E-state index contributed by atoms with van der Waals surface area (Å²) < 4.78 is 37.4. The van der Waals surface area contributed by atoms with Crippen molar-refractivity contribution in [2.24, 2.45) is 5.92 Å². The van der Waals surface area contributed by atoms with Gasteiger partial charge < -0.3 is 24.8 Å². The topological polar surface area (TPSA) is 109 Å². The molecule has 0 spiro atoms. The number of methoxy groups -OCH3 is 1. The zero-order valence-electron chi connectivity index (χ0n) is 17.9. The lowest BCUT2D eigenvalue weighted by atomic mass is 9.86. The van der Waals surface area contributed by atoms with Crippen LogP contribution in [0.4, 0.5) is 8.78 Å². The van der Waals surface area contributed by atoms with Crippen LogP contribution in [0.15, 0.2) is 60.7 Å². The van der Waals surface area contributed by atoms with Crippen LogP contribution in [0.25, 0.3) is 11.3 Å². The molecule has 7 nitrogen and oxygen atoms in total. The molecule has 0 bridgehead atoms. The molecule has 1 aromatic heterocycles. The lowest BCUT2D eigenvalue weighted by Gasteiger charge is -2.27. The van der Waals surface area contributed by atoms with Crippen molar-refractivity contribution in [3.8, 4) is 22.9 Å². The fourth-order valence-electron chi connectivity index (χ4n) is 5.09. The molecule has 1 fully saturated rings. The van der Waals surface area contributed by atoms with Gasteiger partial charge in [-0.15, -0.1) is 0 Å². The van der Waals surface area contributed by atoms with Crippen LogP contribution in [-0.4, -0.2) is 45.6 Å². The number of fused-ring (bicyclic) bond motifs is 3. The number of carboxylic acids is 1. The Bertz CT molecular complexity index is 1240. The molecular weight excluding hydrogens is 448 g/mol. The van der Waals surface area contributed by atoms with Gasteiger partial charge in [-0.1, -0.05) is 54.6 Å². The molecule has 34 heavy (non-hydrogen) atoms. The first kappa shape index (κ1) is 22.2. The van der Waals surface area contributed by atoms with Crippen molar-refractivity contribution in [2.45, 2.75) is 30.2 Å². The highest BCUT2D eigenvalue weighted by atomic mass is 19.3. The second kappa shape index (κ2) is 8.03. The van der Waals surface area contributed by atoms with Crippen molar-refractivity contribution in [2.75, 3.05) is 7.11 Å². The minimum atomic E-state index is -2.60. The van der Waals surface area contributed by atoms with Crippen LogP contribution >= 0.6 is 0 Å². The normalized spacial score (nSPS) is 27.2. The Morgan fingerprint density at radius 3 is 2.41 bits per heavy atom. The maximum atomic E-state index is 12.9. The highest BCUT2D eigenvalue weighted by molar-refractivity contribution is 5.75. The molecule has 0 radical (unpaired) electrons. The molecule has 3 N–H and O–H groups in total. The number of hydrogen-bond donors (Lipinski definition) is 3. The molecule has 1 aliphatic carbocycles. The van der Waals surface area contributed by atoms with E-state index in [4.69, 9.17) is 9.47 Å². The van der Waals surface area contributed by atoms with Crippen LogP contribution in [-0.2, 0) is 10.4 Å². The molecule has 5 unspecified atom stereocenters. The summed E-state index contributed by atoms with van der Waals surface area (Å²) >= 11 is 0. The predicted octanol–water partition coefficient (Wildman–Crippen LogP) is 3.50. The first-order valence-electron chi connectivity index (χ1n) is 10.6. The standard InChI is InChI=1S/C25H21F2NO6/c1-33-23-19-16(11-15(28-23)12-7-9-14(10-8-12)22(26)27)34-21-17(13-5-3-2-4-6-13)18(24(30)31)20(29)25(19,21)32/h2-11,17-18,20-22,29,32H,1H3,(H,30,31). The zero-order chi connectivity index (χ0) is 24.2. The van der Waals surface area contributed by atoms with E-state index in [0.717, 1.165) is 0 Å². The van der Waals surface area contributed by atoms with E-state index in [1.165, 1.54) is 37.4 Å². The van der Waals surface area contributed by atoms with Gasteiger partial charge in [0.1, 0.15) is 18.0 Å². The zero-order valence-corrected chi connectivity index (χ0v) is 17.9. The summed E-state index contributed by atoms with van der Waals surface area (Å²) in [7, 11) is 1.33. The van der Waals surface area contributed by atoms with Crippen molar-refractivity contribution >= 4 is 5.97 Å². The van der Waals surface area contributed by atoms with Crippen LogP contribution in [0.1, 0.15) is 29.0 Å². The Kier molecular flexibility index (Phi) is 5.26. The van der Waals surface area contributed by atoms with Gasteiger partial charge in [-0.3, -0.25) is 4.79 Å². The lowest BCUT2D eigenvalue weighted by molar-refractivity contribution is -0.150. The van der Waals surface area contributed by atoms with Gasteiger partial charge in [0.05, 0.1) is 24.3 Å². The number of aliphatic hydroxyl groups excluding tert-OH is 1. The van der Waals surface area contributed by atoms with Gasteiger partial charge in [-0.25, -0.2) is 13.8 Å². The third-order valence-corrected chi connectivity index (χ3v) is 6.66. The number of aromatic nitrogens is 1. The molecule has 3 aromatic rings. The lowest BCUT2D eigenvalue weighted by Crippen LogP contribution is -2.44. The van der Waals surface area contributed by atoms with Gasteiger partial charge in [-0.2, -0.15) is 0 Å². The molecular formula is C25H21F2NO6. The molecule has 2 aromatic carbocycles. The summed E-state index contributed by atoms with van der Waals surface area (Å²) in [6.45, 7) is 0. The van der Waals surface area contributed by atoms with E-state index in [2.05, 4.69) is 4.98 Å². The van der Waals surface area contributed by atoms with E-state index in [9.17, 15) is 28.9 Å². The Balaban J connectivity index is 1.63. The van der Waals surface area contributed by atoms with Crippen LogP contribution in [0.5, 0.6) is 11.6 Å². The fraction of sp³-hybridized carbons (Fsp3) is 0.280. The van der Waals surface area contributed by atoms with E-state index < -0.39 is 42.0 Å². The molecule has 0 amide bonds. The number of pyridine rings is 1. The second-order valence-electron chi connectivity index (χ2n) is 8.42. The van der Waals surface area contributed by atoms with Gasteiger partial charge >= 0.3 is 5.97 Å². The number of rotatable bonds is 5. The van der Waals surface area contributed by atoms with Crippen molar-refractivity contribution in [3.05, 3.63) is 77.4 Å². The number of halogens is 2. The molecule has 0 saturated heterocycles. The van der Waals surface area contributed by atoms with Crippen molar-refractivity contribution in [1.82, 2.24) is 4.98 Å². The quantitative estimate of drug-likeness (QED) is 0.525. The Morgan fingerprint density at radius 1 is 1.15 bits per heavy atom. The second-order valence-corrected chi connectivity index (χ2v) is 8.42. The number of carbonyl (C=O) groups is 1. The first-order chi connectivity index (χ1) is 16.3. The average molecular weight is 469 g/mol. The minimum Gasteiger partial charge on any atom is -0.486 e. The van der Waals surface area contributed by atoms with E-state index in [1.807, 2.05) is 0 Å². The molecule has 5 atom stereocenters. The van der Waals surface area contributed by atoms with Gasteiger partial charge in [-0.05, 0) is 5.56 Å². The number of ether oxygens (including phenoxy) is 2. The molecule has 9 heteroatoms. The SMILES string of the molecule is COc1nc(-c2ccc(C(F)F)cc2)cc2c1C1(O)C(O)C(C(=O)O)C(c3ccccc3)C1O2. The number of nitrogens with zero attached hydrogens (tertiary/aromatic N) is 1. The van der Waals surface area contributed by atoms with Gasteiger partial charge in [0.25, 0.3) is 6.43 Å². The molecule has 2 heterocycles. The largest absolute Gasteiger partial charge is 0.486 e. The van der Waals surface area contributed by atoms with E-state index in [-0.39, 0.29) is 22.8 Å². The highest BCUT2D eigenvalue weighted by Crippen LogP contribution is 2.60. The number of benzene rings is 2. The number of hydrogen-bond acceptors (Lipinski definition) is 6. The number of aliphatic carboxylic acids is 1. The number of alkyl halides is 2. The molecule has 176 valence electrons. The van der Waals surface area contributed by atoms with Crippen molar-refractivity contribution in [3.63, 3.8) is 0 Å². The smallest absolute Gasteiger partial charge is 0.310 e. The number of aliphatic hydroxyl groups is 2. The number of carboxylic acid groups (broad SMARTS) is 1. The van der Waals surface area contributed by atoms with Crippen LogP contribution in [0.3, 0.4) is 0 Å². The Hall–Kier alpha value is -3.56. The monoisotopic (exact) mass is 469 g/mol. The third-order valence-electron chi connectivity index (χ3n) is 6.66.